The molecular weight excluding hydrogens is 230 g/mol. The molecule has 84 valence electrons. The fourth-order valence-corrected chi connectivity index (χ4v) is 1.81. The minimum atomic E-state index is 0.687. The molecule has 1 aromatic rings. The lowest BCUT2D eigenvalue weighted by atomic mass is 10.5. The number of aryl methyl sites for hydroxylation is 1. The summed E-state index contributed by atoms with van der Waals surface area (Å²) in [6.07, 6.45) is 2.69. The van der Waals surface area contributed by atoms with Gasteiger partial charge in [0.15, 0.2) is 5.11 Å². The second-order valence-corrected chi connectivity index (χ2v) is 4.42. The predicted molar refractivity (Wildman–Crippen MR) is 66.2 cm³/mol. The van der Waals surface area contributed by atoms with E-state index in [-0.39, 0.29) is 0 Å². The molecule has 2 N–H and O–H groups in total. The van der Waals surface area contributed by atoms with Crippen LogP contribution in [0.3, 0.4) is 0 Å². The van der Waals surface area contributed by atoms with Gasteiger partial charge in [0.1, 0.15) is 6.26 Å². The zero-order chi connectivity index (χ0) is 11.1. The van der Waals surface area contributed by atoms with E-state index in [0.29, 0.717) is 5.11 Å². The Bertz CT molecular complexity index is 314. The Hall–Kier alpha value is -0.750. The Balaban J connectivity index is 2.05. The quantitative estimate of drug-likeness (QED) is 0.466. The van der Waals surface area contributed by atoms with Gasteiger partial charge in [-0.25, -0.2) is 4.98 Å². The highest BCUT2D eigenvalue weighted by molar-refractivity contribution is 7.99. The van der Waals surface area contributed by atoms with Crippen LogP contribution in [0.1, 0.15) is 12.1 Å². The van der Waals surface area contributed by atoms with Crippen molar-refractivity contribution in [2.75, 3.05) is 19.3 Å². The summed E-state index contributed by atoms with van der Waals surface area (Å²) in [4.78, 5) is 4.20. The smallest absolute Gasteiger partial charge is 0.255 e. The third-order valence-electron chi connectivity index (χ3n) is 1.66. The average molecular weight is 245 g/mol. The van der Waals surface area contributed by atoms with Crippen molar-refractivity contribution in [3.05, 3.63) is 12.0 Å². The molecule has 15 heavy (non-hydrogen) atoms. The molecule has 6 heteroatoms. The summed E-state index contributed by atoms with van der Waals surface area (Å²) < 4.78 is 5.21. The number of hydrogen-bond acceptors (Lipinski definition) is 4. The van der Waals surface area contributed by atoms with Gasteiger partial charge in [0, 0.05) is 19.3 Å². The van der Waals surface area contributed by atoms with E-state index in [2.05, 4.69) is 15.6 Å². The van der Waals surface area contributed by atoms with Gasteiger partial charge in [-0.2, -0.15) is 0 Å². The summed E-state index contributed by atoms with van der Waals surface area (Å²) in [7, 11) is 1.81. The number of thiocarbonyl (C=S) groups is 1. The molecule has 1 rings (SSSR count). The number of hydrogen-bond donors (Lipinski definition) is 2. The first-order valence-corrected chi connectivity index (χ1v) is 6.12. The summed E-state index contributed by atoms with van der Waals surface area (Å²) in [5, 5.41) is 7.37. The maximum atomic E-state index is 5.21. The number of aromatic nitrogens is 1. The third kappa shape index (κ3) is 5.03. The Morgan fingerprint density at radius 2 is 2.47 bits per heavy atom. The van der Waals surface area contributed by atoms with Crippen LogP contribution in [0.2, 0.25) is 0 Å². The highest BCUT2D eigenvalue weighted by Crippen LogP contribution is 2.16. The summed E-state index contributed by atoms with van der Waals surface area (Å²) in [5.41, 5.74) is 0.923. The van der Waals surface area contributed by atoms with Crippen molar-refractivity contribution in [2.45, 2.75) is 18.6 Å². The lowest BCUT2D eigenvalue weighted by Crippen LogP contribution is -2.33. The maximum Gasteiger partial charge on any atom is 0.255 e. The zero-order valence-corrected chi connectivity index (χ0v) is 10.5. The predicted octanol–water partition coefficient (Wildman–Crippen LogP) is 1.56. The molecule has 0 bridgehead atoms. The Labute approximate surface area is 99.2 Å². The second kappa shape index (κ2) is 6.68. The molecule has 0 spiro atoms. The third-order valence-corrected chi connectivity index (χ3v) is 2.93. The van der Waals surface area contributed by atoms with Gasteiger partial charge in [0.2, 0.25) is 0 Å². The number of oxazole rings is 1. The Morgan fingerprint density at radius 3 is 3.07 bits per heavy atom. The van der Waals surface area contributed by atoms with Gasteiger partial charge in [-0.3, -0.25) is 0 Å². The van der Waals surface area contributed by atoms with Crippen molar-refractivity contribution in [1.29, 1.82) is 0 Å². The Kier molecular flexibility index (Phi) is 5.49. The fourth-order valence-electron chi connectivity index (χ4n) is 0.921. The number of nitrogens with one attached hydrogen (secondary N) is 2. The van der Waals surface area contributed by atoms with Crippen molar-refractivity contribution in [3.63, 3.8) is 0 Å². The Morgan fingerprint density at radius 1 is 1.67 bits per heavy atom. The van der Waals surface area contributed by atoms with Gasteiger partial charge in [-0.05, 0) is 25.6 Å². The second-order valence-electron chi connectivity index (χ2n) is 2.96. The number of nitrogens with zero attached hydrogens (tertiary/aromatic N) is 1. The molecule has 0 aliphatic rings. The van der Waals surface area contributed by atoms with Crippen LogP contribution in [0.15, 0.2) is 15.9 Å². The summed E-state index contributed by atoms with van der Waals surface area (Å²) in [5.74, 6) is 0.972. The van der Waals surface area contributed by atoms with E-state index in [0.717, 1.165) is 29.6 Å². The molecule has 0 saturated heterocycles. The molecule has 0 atom stereocenters. The standard InChI is InChI=1S/C9H15N3OS2/c1-7-6-13-9(12-7)15-5-3-4-11-8(14)10-2/h6H,3-5H2,1-2H3,(H2,10,11,14). The van der Waals surface area contributed by atoms with E-state index < -0.39 is 0 Å². The van der Waals surface area contributed by atoms with E-state index in [1.54, 1.807) is 25.1 Å². The van der Waals surface area contributed by atoms with Gasteiger partial charge >= 0.3 is 0 Å². The van der Waals surface area contributed by atoms with Crippen molar-refractivity contribution < 1.29 is 4.42 Å². The van der Waals surface area contributed by atoms with Gasteiger partial charge in [0.05, 0.1) is 5.69 Å². The van der Waals surface area contributed by atoms with Crippen LogP contribution in [0, 0.1) is 6.92 Å². The summed E-state index contributed by atoms with van der Waals surface area (Å²) in [6.45, 7) is 2.78. The molecule has 1 heterocycles. The first-order valence-electron chi connectivity index (χ1n) is 4.73. The highest BCUT2D eigenvalue weighted by atomic mass is 32.2. The van der Waals surface area contributed by atoms with Crippen LogP contribution in [-0.4, -0.2) is 29.4 Å². The maximum absolute atomic E-state index is 5.21. The number of rotatable bonds is 5. The molecule has 0 aliphatic carbocycles. The molecular formula is C9H15N3OS2. The summed E-state index contributed by atoms with van der Waals surface area (Å²) >= 11 is 6.56. The first-order chi connectivity index (χ1) is 7.22. The molecule has 0 aliphatic heterocycles. The van der Waals surface area contributed by atoms with Crippen LogP contribution in [0.4, 0.5) is 0 Å². The minimum Gasteiger partial charge on any atom is -0.440 e. The SMILES string of the molecule is CNC(=S)NCCCSc1nc(C)co1. The summed E-state index contributed by atoms with van der Waals surface area (Å²) in [6, 6.07) is 0. The van der Waals surface area contributed by atoms with E-state index >= 15 is 0 Å². The molecule has 0 radical (unpaired) electrons. The zero-order valence-electron chi connectivity index (χ0n) is 8.87. The fraction of sp³-hybridized carbons (Fsp3) is 0.556. The molecule has 0 unspecified atom stereocenters. The monoisotopic (exact) mass is 245 g/mol. The first kappa shape index (κ1) is 12.3. The van der Waals surface area contributed by atoms with E-state index in [1.165, 1.54) is 0 Å². The molecule has 4 nitrogen and oxygen atoms in total. The normalized spacial score (nSPS) is 10.0. The topological polar surface area (TPSA) is 50.1 Å². The van der Waals surface area contributed by atoms with Crippen LogP contribution >= 0.6 is 24.0 Å². The van der Waals surface area contributed by atoms with Gasteiger partial charge in [-0.15, -0.1) is 0 Å². The van der Waals surface area contributed by atoms with Crippen molar-refractivity contribution in [2.24, 2.45) is 0 Å². The van der Waals surface area contributed by atoms with Crippen molar-refractivity contribution in [3.8, 4) is 0 Å². The lowest BCUT2D eigenvalue weighted by molar-refractivity contribution is 0.454. The minimum absolute atomic E-state index is 0.687. The van der Waals surface area contributed by atoms with Crippen LogP contribution in [0.5, 0.6) is 0 Å². The van der Waals surface area contributed by atoms with Gasteiger partial charge in [0.25, 0.3) is 5.22 Å². The van der Waals surface area contributed by atoms with Crippen LogP contribution < -0.4 is 10.6 Å². The van der Waals surface area contributed by atoms with E-state index in [9.17, 15) is 0 Å². The molecule has 0 amide bonds. The molecule has 0 aromatic carbocycles. The van der Waals surface area contributed by atoms with E-state index in [4.69, 9.17) is 16.6 Å². The van der Waals surface area contributed by atoms with Crippen molar-refractivity contribution >= 4 is 29.1 Å². The lowest BCUT2D eigenvalue weighted by Gasteiger charge is -2.05. The molecule has 0 fully saturated rings. The molecule has 0 saturated carbocycles. The van der Waals surface area contributed by atoms with Crippen LogP contribution in [-0.2, 0) is 0 Å². The van der Waals surface area contributed by atoms with E-state index in [1.807, 2.05) is 6.92 Å². The van der Waals surface area contributed by atoms with Gasteiger partial charge < -0.3 is 15.1 Å². The molecule has 1 aromatic heterocycles. The highest BCUT2D eigenvalue weighted by Gasteiger charge is 2.00. The number of thioether (sulfide) groups is 1. The van der Waals surface area contributed by atoms with Crippen molar-refractivity contribution in [1.82, 2.24) is 15.6 Å². The van der Waals surface area contributed by atoms with Gasteiger partial charge in [-0.1, -0.05) is 11.8 Å². The largest absolute Gasteiger partial charge is 0.440 e. The average Bonchev–Trinajstić information content (AvgIpc) is 2.63. The van der Waals surface area contributed by atoms with Crippen LogP contribution in [0.25, 0.3) is 0 Å².